The van der Waals surface area contributed by atoms with Crippen molar-refractivity contribution in [3.8, 4) is 0 Å². The summed E-state index contributed by atoms with van der Waals surface area (Å²) in [6.07, 6.45) is -5.15. The van der Waals surface area contributed by atoms with Crippen molar-refractivity contribution < 1.29 is 36.3 Å². The molecule has 2 saturated heterocycles. The zero-order chi connectivity index (χ0) is 29.6. The summed E-state index contributed by atoms with van der Waals surface area (Å²) in [5.41, 5.74) is 3.57. The second kappa shape index (κ2) is 13.5. The molecule has 224 valence electrons. The lowest BCUT2D eigenvalue weighted by Gasteiger charge is -2.48. The van der Waals surface area contributed by atoms with Gasteiger partial charge in [0, 0.05) is 5.56 Å². The average molecular weight is 603 g/mol. The van der Waals surface area contributed by atoms with Gasteiger partial charge in [-0.1, -0.05) is 109 Å². The van der Waals surface area contributed by atoms with Crippen LogP contribution in [0.5, 0.6) is 0 Å². The lowest BCUT2D eigenvalue weighted by molar-refractivity contribution is -0.364. The summed E-state index contributed by atoms with van der Waals surface area (Å²) in [4.78, 5) is 0.0268. The average Bonchev–Trinajstić information content (AvgIpc) is 3.04. The standard InChI is InChI=1S/C34H34O8S/c1-24-17-19-28(20-18-24)43(35,36)42-32-31(37-21-25-11-5-2-6-12-25)30-29(23-39-33(41-30)27-15-9-4-10-16-27)40-34(32)38-22-26-13-7-3-8-14-26/h2-20,29-34H,21-23H2,1H3/t29-,30-,31+,32-,33-,34+/m1/s1. The van der Waals surface area contributed by atoms with Gasteiger partial charge in [0.2, 0.25) is 0 Å². The van der Waals surface area contributed by atoms with Crippen molar-refractivity contribution in [2.75, 3.05) is 6.61 Å². The van der Waals surface area contributed by atoms with E-state index in [4.69, 9.17) is 27.9 Å². The number of benzene rings is 4. The Labute approximate surface area is 252 Å². The van der Waals surface area contributed by atoms with E-state index in [2.05, 4.69) is 0 Å². The maximum absolute atomic E-state index is 13.6. The molecule has 2 aliphatic heterocycles. The summed E-state index contributed by atoms with van der Waals surface area (Å²) in [6, 6.07) is 35.3. The summed E-state index contributed by atoms with van der Waals surface area (Å²) in [6.45, 7) is 2.45. The fourth-order valence-corrected chi connectivity index (χ4v) is 6.25. The van der Waals surface area contributed by atoms with Crippen LogP contribution in [-0.4, -0.2) is 45.7 Å². The van der Waals surface area contributed by atoms with Gasteiger partial charge in [0.15, 0.2) is 18.7 Å². The molecule has 0 radical (unpaired) electrons. The highest BCUT2D eigenvalue weighted by Crippen LogP contribution is 2.38. The van der Waals surface area contributed by atoms with Gasteiger partial charge in [-0.2, -0.15) is 8.42 Å². The summed E-state index contributed by atoms with van der Waals surface area (Å²) < 4.78 is 64.8. The van der Waals surface area contributed by atoms with Crippen molar-refractivity contribution >= 4 is 10.1 Å². The predicted molar refractivity (Wildman–Crippen MR) is 158 cm³/mol. The zero-order valence-electron chi connectivity index (χ0n) is 23.7. The molecule has 0 amide bonds. The Morgan fingerprint density at radius 1 is 0.698 bits per heavy atom. The lowest BCUT2D eigenvalue weighted by Crippen LogP contribution is -2.63. The Bertz CT molecular complexity index is 1550. The van der Waals surface area contributed by atoms with E-state index in [0.717, 1.165) is 22.3 Å². The van der Waals surface area contributed by atoms with Crippen molar-refractivity contribution in [2.45, 2.75) is 62.0 Å². The first-order valence-electron chi connectivity index (χ1n) is 14.2. The highest BCUT2D eigenvalue weighted by molar-refractivity contribution is 7.86. The van der Waals surface area contributed by atoms with Gasteiger partial charge in [0.05, 0.1) is 24.7 Å². The second-order valence-electron chi connectivity index (χ2n) is 10.6. The second-order valence-corrected chi connectivity index (χ2v) is 12.2. The molecule has 0 spiro atoms. The Morgan fingerprint density at radius 2 is 1.28 bits per heavy atom. The molecule has 0 N–H and O–H groups in total. The first-order valence-corrected chi connectivity index (χ1v) is 15.7. The number of hydrogen-bond acceptors (Lipinski definition) is 8. The Balaban J connectivity index is 1.34. The molecule has 9 heteroatoms. The molecule has 0 saturated carbocycles. The van der Waals surface area contributed by atoms with Gasteiger partial charge in [-0.25, -0.2) is 0 Å². The molecular formula is C34H34O8S. The monoisotopic (exact) mass is 602 g/mol. The van der Waals surface area contributed by atoms with Crippen molar-refractivity contribution in [3.63, 3.8) is 0 Å². The van der Waals surface area contributed by atoms with Crippen LogP contribution in [0, 0.1) is 6.92 Å². The molecule has 2 heterocycles. The molecule has 2 aliphatic rings. The van der Waals surface area contributed by atoms with E-state index in [0.29, 0.717) is 0 Å². The smallest absolute Gasteiger partial charge is 0.297 e. The molecule has 6 rings (SSSR count). The van der Waals surface area contributed by atoms with Crippen LogP contribution in [0.4, 0.5) is 0 Å². The van der Waals surface area contributed by atoms with Crippen LogP contribution in [0.1, 0.15) is 28.5 Å². The van der Waals surface area contributed by atoms with Gasteiger partial charge in [-0.05, 0) is 30.2 Å². The third kappa shape index (κ3) is 7.22. The highest BCUT2D eigenvalue weighted by atomic mass is 32.2. The minimum atomic E-state index is -4.24. The molecule has 43 heavy (non-hydrogen) atoms. The van der Waals surface area contributed by atoms with Gasteiger partial charge in [-0.15, -0.1) is 0 Å². The molecule has 6 atom stereocenters. The fourth-order valence-electron chi connectivity index (χ4n) is 5.18. The van der Waals surface area contributed by atoms with Crippen LogP contribution in [0.25, 0.3) is 0 Å². The molecular weight excluding hydrogens is 568 g/mol. The van der Waals surface area contributed by atoms with Crippen LogP contribution < -0.4 is 0 Å². The third-order valence-corrected chi connectivity index (χ3v) is 8.77. The van der Waals surface area contributed by atoms with Crippen LogP contribution in [0.15, 0.2) is 120 Å². The normalized spacial score (nSPS) is 25.6. The van der Waals surface area contributed by atoms with E-state index in [1.54, 1.807) is 12.1 Å². The van der Waals surface area contributed by atoms with Crippen molar-refractivity contribution in [1.82, 2.24) is 0 Å². The van der Waals surface area contributed by atoms with E-state index in [1.165, 1.54) is 12.1 Å². The minimum absolute atomic E-state index is 0.0268. The third-order valence-electron chi connectivity index (χ3n) is 7.45. The summed E-state index contributed by atoms with van der Waals surface area (Å²) in [5, 5.41) is 0. The van der Waals surface area contributed by atoms with E-state index in [9.17, 15) is 8.42 Å². The first kappa shape index (κ1) is 29.7. The maximum Gasteiger partial charge on any atom is 0.297 e. The SMILES string of the molecule is Cc1ccc(S(=O)(=O)O[C@H]2[C@@H](OCc3ccccc3)O[C@@H]3CO[C@@H](c4ccccc4)O[C@H]3[C@@H]2OCc2ccccc2)cc1. The van der Waals surface area contributed by atoms with E-state index in [1.807, 2.05) is 97.9 Å². The summed E-state index contributed by atoms with van der Waals surface area (Å²) in [5.74, 6) is 0. The molecule has 0 aromatic heterocycles. The molecule has 2 fully saturated rings. The molecule has 8 nitrogen and oxygen atoms in total. The maximum atomic E-state index is 13.6. The van der Waals surface area contributed by atoms with Crippen LogP contribution in [-0.2, 0) is 51.2 Å². The molecule has 0 bridgehead atoms. The Morgan fingerprint density at radius 3 is 1.91 bits per heavy atom. The minimum Gasteiger partial charge on any atom is -0.368 e. The van der Waals surface area contributed by atoms with Crippen LogP contribution in [0.2, 0.25) is 0 Å². The Hall–Kier alpha value is -3.41. The number of aryl methyl sites for hydroxylation is 1. The van der Waals surface area contributed by atoms with E-state index in [-0.39, 0.29) is 24.7 Å². The van der Waals surface area contributed by atoms with Crippen molar-refractivity contribution in [3.05, 3.63) is 138 Å². The van der Waals surface area contributed by atoms with Crippen molar-refractivity contribution in [2.24, 2.45) is 0 Å². The topological polar surface area (TPSA) is 89.5 Å². The number of rotatable bonds is 10. The lowest BCUT2D eigenvalue weighted by atomic mass is 9.97. The summed E-state index contributed by atoms with van der Waals surface area (Å²) >= 11 is 0. The number of fused-ring (bicyclic) bond motifs is 1. The molecule has 0 aliphatic carbocycles. The van der Waals surface area contributed by atoms with Gasteiger partial charge in [0.1, 0.15) is 18.3 Å². The molecule has 0 unspecified atom stereocenters. The predicted octanol–water partition coefficient (Wildman–Crippen LogP) is 5.71. The number of ether oxygens (including phenoxy) is 5. The molecule has 4 aromatic rings. The number of hydrogen-bond donors (Lipinski definition) is 0. The van der Waals surface area contributed by atoms with E-state index >= 15 is 0 Å². The van der Waals surface area contributed by atoms with E-state index < -0.39 is 47.1 Å². The van der Waals surface area contributed by atoms with Gasteiger partial charge in [0.25, 0.3) is 10.1 Å². The largest absolute Gasteiger partial charge is 0.368 e. The molecule has 4 aromatic carbocycles. The Kier molecular flexibility index (Phi) is 9.30. The first-order chi connectivity index (χ1) is 21.0. The van der Waals surface area contributed by atoms with Gasteiger partial charge in [-0.3, -0.25) is 4.18 Å². The van der Waals surface area contributed by atoms with Crippen LogP contribution >= 0.6 is 0 Å². The van der Waals surface area contributed by atoms with Gasteiger partial charge < -0.3 is 23.7 Å². The quantitative estimate of drug-likeness (QED) is 0.213. The van der Waals surface area contributed by atoms with Gasteiger partial charge >= 0.3 is 0 Å². The zero-order valence-corrected chi connectivity index (χ0v) is 24.5. The van der Waals surface area contributed by atoms with Crippen LogP contribution in [0.3, 0.4) is 0 Å². The highest BCUT2D eigenvalue weighted by Gasteiger charge is 2.53. The fraction of sp³-hybridized carbons (Fsp3) is 0.294. The summed E-state index contributed by atoms with van der Waals surface area (Å²) in [7, 11) is -4.24. The van der Waals surface area contributed by atoms with Crippen molar-refractivity contribution in [1.29, 1.82) is 0 Å².